The average molecular weight is 488 g/mol. The number of esters is 1. The van der Waals surface area contributed by atoms with Crippen molar-refractivity contribution >= 4 is 33.5 Å². The zero-order valence-electron chi connectivity index (χ0n) is 18.9. The summed E-state index contributed by atoms with van der Waals surface area (Å²) in [6.07, 6.45) is 0. The lowest BCUT2D eigenvalue weighted by Gasteiger charge is -2.30. The first kappa shape index (κ1) is 23.9. The van der Waals surface area contributed by atoms with Crippen LogP contribution in [0, 0.1) is 0 Å². The van der Waals surface area contributed by atoms with Gasteiger partial charge in [0.25, 0.3) is 11.8 Å². The van der Waals surface area contributed by atoms with Gasteiger partial charge in [-0.3, -0.25) is 14.5 Å². The van der Waals surface area contributed by atoms with E-state index in [0.29, 0.717) is 43.1 Å². The summed E-state index contributed by atoms with van der Waals surface area (Å²) in [5, 5.41) is 0. The van der Waals surface area contributed by atoms with E-state index < -0.39 is 27.8 Å². The molecule has 0 aromatic heterocycles. The molecule has 11 heteroatoms. The Morgan fingerprint density at radius 3 is 2.24 bits per heavy atom. The molecule has 0 N–H and O–H groups in total. The summed E-state index contributed by atoms with van der Waals surface area (Å²) in [5.74, 6) is -1.62. The Kier molecular flexibility index (Phi) is 6.69. The first-order chi connectivity index (χ1) is 16.2. The number of anilines is 1. The Labute approximate surface area is 197 Å². The zero-order valence-corrected chi connectivity index (χ0v) is 19.7. The predicted octanol–water partition coefficient (Wildman–Crippen LogP) is 1.23. The van der Waals surface area contributed by atoms with E-state index in [0.717, 1.165) is 9.21 Å². The van der Waals surface area contributed by atoms with Crippen LogP contribution in [0.25, 0.3) is 0 Å². The minimum atomic E-state index is -3.77. The molecule has 0 radical (unpaired) electrons. The van der Waals surface area contributed by atoms with Crippen LogP contribution in [0.15, 0.2) is 47.4 Å². The summed E-state index contributed by atoms with van der Waals surface area (Å²) in [6.45, 7) is 1.69. The Balaban J connectivity index is 1.53. The SMILES string of the molecule is CN(C)S(=O)(=O)c1ccc(N2CCOCC2)c(C(=O)OCCN2C(=O)c3ccccc3C2=O)c1. The van der Waals surface area contributed by atoms with Crippen molar-refractivity contribution in [3.05, 3.63) is 59.2 Å². The Bertz CT molecular complexity index is 1200. The van der Waals surface area contributed by atoms with Crippen LogP contribution < -0.4 is 4.90 Å². The van der Waals surface area contributed by atoms with E-state index in [1.807, 2.05) is 4.90 Å². The molecule has 2 heterocycles. The molecule has 2 amide bonds. The molecule has 2 aromatic carbocycles. The van der Waals surface area contributed by atoms with Gasteiger partial charge < -0.3 is 14.4 Å². The van der Waals surface area contributed by atoms with Crippen LogP contribution in [0.5, 0.6) is 0 Å². The maximum Gasteiger partial charge on any atom is 0.340 e. The smallest absolute Gasteiger partial charge is 0.340 e. The van der Waals surface area contributed by atoms with E-state index in [-0.39, 0.29) is 23.6 Å². The van der Waals surface area contributed by atoms with Gasteiger partial charge in [-0.05, 0) is 30.3 Å². The molecule has 10 nitrogen and oxygen atoms in total. The highest BCUT2D eigenvalue weighted by atomic mass is 32.2. The Hall–Kier alpha value is -3.28. The van der Waals surface area contributed by atoms with Gasteiger partial charge in [0.05, 0.1) is 47.0 Å². The maximum absolute atomic E-state index is 13.0. The minimum absolute atomic E-state index is 0.0400. The fourth-order valence-electron chi connectivity index (χ4n) is 3.88. The highest BCUT2D eigenvalue weighted by molar-refractivity contribution is 7.89. The third-order valence-electron chi connectivity index (χ3n) is 5.74. The van der Waals surface area contributed by atoms with Gasteiger partial charge >= 0.3 is 5.97 Å². The molecule has 180 valence electrons. The number of carbonyl (C=O) groups is 3. The number of fused-ring (bicyclic) bond motifs is 1. The van der Waals surface area contributed by atoms with Crippen LogP contribution in [0.4, 0.5) is 5.69 Å². The Morgan fingerprint density at radius 1 is 1.03 bits per heavy atom. The highest BCUT2D eigenvalue weighted by Gasteiger charge is 2.35. The molecule has 0 aliphatic carbocycles. The van der Waals surface area contributed by atoms with Crippen LogP contribution in [0.1, 0.15) is 31.1 Å². The van der Waals surface area contributed by atoms with Crippen molar-refractivity contribution < 1.29 is 32.3 Å². The van der Waals surface area contributed by atoms with Crippen molar-refractivity contribution in [2.75, 3.05) is 58.5 Å². The quantitative estimate of drug-likeness (QED) is 0.423. The lowest BCUT2D eigenvalue weighted by atomic mass is 10.1. The van der Waals surface area contributed by atoms with Gasteiger partial charge in [0.2, 0.25) is 10.0 Å². The fraction of sp³-hybridized carbons (Fsp3) is 0.348. The molecule has 2 aliphatic heterocycles. The van der Waals surface area contributed by atoms with Crippen molar-refractivity contribution in [2.24, 2.45) is 0 Å². The summed E-state index contributed by atoms with van der Waals surface area (Å²) >= 11 is 0. The van der Waals surface area contributed by atoms with Crippen LogP contribution in [0.3, 0.4) is 0 Å². The molecule has 0 saturated carbocycles. The third kappa shape index (κ3) is 4.41. The van der Waals surface area contributed by atoms with Crippen molar-refractivity contribution in [1.82, 2.24) is 9.21 Å². The standard InChI is InChI=1S/C23H25N3O7S/c1-24(2)34(30,31)16-7-8-20(25-9-12-32-13-10-25)19(15-16)23(29)33-14-11-26-21(27)17-5-3-4-6-18(17)22(26)28/h3-8,15H,9-14H2,1-2H3. The van der Waals surface area contributed by atoms with Gasteiger partial charge in [-0.25, -0.2) is 17.5 Å². The normalized spacial score (nSPS) is 16.2. The molecule has 2 aliphatic rings. The number of hydrogen-bond acceptors (Lipinski definition) is 8. The van der Waals surface area contributed by atoms with Crippen molar-refractivity contribution in [2.45, 2.75) is 4.90 Å². The van der Waals surface area contributed by atoms with Crippen LogP contribution in [0.2, 0.25) is 0 Å². The van der Waals surface area contributed by atoms with E-state index in [4.69, 9.17) is 9.47 Å². The molecule has 0 atom stereocenters. The van der Waals surface area contributed by atoms with Crippen LogP contribution >= 0.6 is 0 Å². The van der Waals surface area contributed by atoms with E-state index in [1.54, 1.807) is 30.3 Å². The third-order valence-corrected chi connectivity index (χ3v) is 7.56. The molecule has 0 spiro atoms. The van der Waals surface area contributed by atoms with Gasteiger partial charge in [-0.15, -0.1) is 0 Å². The second kappa shape index (κ2) is 9.53. The summed E-state index contributed by atoms with van der Waals surface area (Å²) in [6, 6.07) is 10.8. The van der Waals surface area contributed by atoms with Crippen LogP contribution in [-0.2, 0) is 19.5 Å². The Morgan fingerprint density at radius 2 is 1.65 bits per heavy atom. The number of morpholine rings is 1. The maximum atomic E-state index is 13.0. The first-order valence-corrected chi connectivity index (χ1v) is 12.2. The van der Waals surface area contributed by atoms with Crippen molar-refractivity contribution in [3.8, 4) is 0 Å². The zero-order chi connectivity index (χ0) is 24.5. The van der Waals surface area contributed by atoms with Gasteiger partial charge in [-0.2, -0.15) is 0 Å². The first-order valence-electron chi connectivity index (χ1n) is 10.7. The fourth-order valence-corrected chi connectivity index (χ4v) is 4.81. The van der Waals surface area contributed by atoms with Crippen LogP contribution in [-0.4, -0.2) is 89.0 Å². The minimum Gasteiger partial charge on any atom is -0.460 e. The summed E-state index contributed by atoms with van der Waals surface area (Å²) in [5.41, 5.74) is 1.25. The van der Waals surface area contributed by atoms with Gasteiger partial charge in [-0.1, -0.05) is 12.1 Å². The second-order valence-electron chi connectivity index (χ2n) is 8.01. The number of imide groups is 1. The van der Waals surface area contributed by atoms with Gasteiger partial charge in [0.1, 0.15) is 6.61 Å². The molecule has 1 fully saturated rings. The molecule has 0 bridgehead atoms. The summed E-state index contributed by atoms with van der Waals surface area (Å²) < 4.78 is 37.1. The highest BCUT2D eigenvalue weighted by Crippen LogP contribution is 2.27. The second-order valence-corrected chi connectivity index (χ2v) is 10.2. The number of rotatable bonds is 7. The van der Waals surface area contributed by atoms with E-state index in [2.05, 4.69) is 0 Å². The lowest BCUT2D eigenvalue weighted by Crippen LogP contribution is -2.37. The van der Waals surface area contributed by atoms with Gasteiger partial charge in [0.15, 0.2) is 0 Å². The molecule has 0 unspecified atom stereocenters. The monoisotopic (exact) mass is 487 g/mol. The average Bonchev–Trinajstić information content (AvgIpc) is 3.09. The van der Waals surface area contributed by atoms with E-state index in [9.17, 15) is 22.8 Å². The summed E-state index contributed by atoms with van der Waals surface area (Å²) in [7, 11) is -0.958. The van der Waals surface area contributed by atoms with E-state index in [1.165, 1.54) is 26.2 Å². The molecule has 1 saturated heterocycles. The van der Waals surface area contributed by atoms with Crippen molar-refractivity contribution in [3.63, 3.8) is 0 Å². The number of nitrogens with zero attached hydrogens (tertiary/aromatic N) is 3. The number of amides is 2. The molecule has 34 heavy (non-hydrogen) atoms. The molecular weight excluding hydrogens is 462 g/mol. The summed E-state index contributed by atoms with van der Waals surface area (Å²) in [4.78, 5) is 41.0. The molecule has 4 rings (SSSR count). The number of benzene rings is 2. The predicted molar refractivity (Wildman–Crippen MR) is 122 cm³/mol. The van der Waals surface area contributed by atoms with Gasteiger partial charge in [0, 0.05) is 27.2 Å². The number of sulfonamides is 1. The lowest BCUT2D eigenvalue weighted by molar-refractivity contribution is 0.0420. The van der Waals surface area contributed by atoms with E-state index >= 15 is 0 Å². The largest absolute Gasteiger partial charge is 0.460 e. The number of carbonyl (C=O) groups excluding carboxylic acids is 3. The molecular formula is C23H25N3O7S. The number of hydrogen-bond donors (Lipinski definition) is 0. The number of ether oxygens (including phenoxy) is 2. The topological polar surface area (TPSA) is 114 Å². The van der Waals surface area contributed by atoms with Crippen molar-refractivity contribution in [1.29, 1.82) is 0 Å². The molecule has 2 aromatic rings.